The van der Waals surface area contributed by atoms with Gasteiger partial charge in [-0.05, 0) is 116 Å². The van der Waals surface area contributed by atoms with Crippen LogP contribution < -0.4 is 0 Å². The molecule has 0 rings (SSSR count). The van der Waals surface area contributed by atoms with Gasteiger partial charge in [0.15, 0.2) is 6.10 Å². The Kier molecular flexibility index (Phi) is 56.9. The van der Waals surface area contributed by atoms with E-state index in [0.29, 0.717) is 19.3 Å². The Hall–Kier alpha value is -4.19. The molecule has 0 fully saturated rings. The minimum absolute atomic E-state index is 0.0873. The van der Waals surface area contributed by atoms with Gasteiger partial charge in [0.2, 0.25) is 0 Å². The van der Waals surface area contributed by atoms with Crippen molar-refractivity contribution in [1.29, 1.82) is 0 Å². The number of hydrogen-bond acceptors (Lipinski definition) is 6. The molecule has 0 aliphatic heterocycles. The number of esters is 3. The second kappa shape index (κ2) is 60.4. The third kappa shape index (κ3) is 58.6. The van der Waals surface area contributed by atoms with E-state index in [-0.39, 0.29) is 31.1 Å². The predicted octanol–water partition coefficient (Wildman–Crippen LogP) is 20.4. The maximum Gasteiger partial charge on any atom is 0.306 e. The molecule has 0 radical (unpaired) electrons. The van der Waals surface area contributed by atoms with Crippen molar-refractivity contribution in [2.24, 2.45) is 0 Å². The van der Waals surface area contributed by atoms with Gasteiger partial charge in [-0.25, -0.2) is 0 Å². The van der Waals surface area contributed by atoms with Crippen molar-refractivity contribution in [3.8, 4) is 0 Å². The monoisotopic (exact) mass is 1010 g/mol. The molecule has 0 aliphatic carbocycles. The van der Waals surface area contributed by atoms with E-state index in [1.54, 1.807) is 0 Å². The van der Waals surface area contributed by atoms with Crippen LogP contribution in [0.3, 0.4) is 0 Å². The largest absolute Gasteiger partial charge is 0.462 e. The standard InChI is InChI=1S/C67H110O6/c1-4-7-10-13-16-19-22-24-25-26-27-28-29-30-31-32-33-34-35-36-37-38-39-40-41-42-43-44-46-48-51-54-57-60-66(69)72-63-64(62-71-65(68)59-56-53-50-47-21-18-15-12-9-6-3)73-67(70)61-58-55-52-49-45-23-20-17-14-11-8-5-2/h7,10,16-17,19-20,24-25,27-28,30-31,33-34,36-37,39-40,42-43,64H,4-6,8-9,11-15,18,21-23,26,29,32,35,38,41,44-63H2,1-3H3/b10-7-,19-16-,20-17-,25-24-,28-27-,31-30-,34-33-,37-36-,40-39-,43-42-. The summed E-state index contributed by atoms with van der Waals surface area (Å²) in [5, 5.41) is 0. The van der Waals surface area contributed by atoms with Crippen molar-refractivity contribution < 1.29 is 28.6 Å². The van der Waals surface area contributed by atoms with Gasteiger partial charge < -0.3 is 14.2 Å². The van der Waals surface area contributed by atoms with Gasteiger partial charge in [-0.1, -0.05) is 251 Å². The van der Waals surface area contributed by atoms with Gasteiger partial charge in [0.25, 0.3) is 0 Å². The van der Waals surface area contributed by atoms with Crippen molar-refractivity contribution in [3.63, 3.8) is 0 Å². The van der Waals surface area contributed by atoms with E-state index in [1.165, 1.54) is 77.0 Å². The molecule has 73 heavy (non-hydrogen) atoms. The van der Waals surface area contributed by atoms with Crippen molar-refractivity contribution >= 4 is 17.9 Å². The quantitative estimate of drug-likeness (QED) is 0.0261. The van der Waals surface area contributed by atoms with E-state index in [4.69, 9.17) is 14.2 Å². The van der Waals surface area contributed by atoms with Gasteiger partial charge in [0.05, 0.1) is 0 Å². The van der Waals surface area contributed by atoms with Gasteiger partial charge in [0.1, 0.15) is 13.2 Å². The third-order valence-corrected chi connectivity index (χ3v) is 12.5. The molecule has 0 saturated heterocycles. The second-order valence-electron chi connectivity index (χ2n) is 19.5. The molecule has 0 aliphatic rings. The average molecular weight is 1010 g/mol. The molecule has 0 amide bonds. The van der Waals surface area contributed by atoms with Crippen LogP contribution in [-0.4, -0.2) is 37.2 Å². The Morgan fingerprint density at radius 3 is 0.877 bits per heavy atom. The van der Waals surface area contributed by atoms with Crippen LogP contribution >= 0.6 is 0 Å². The fourth-order valence-electron chi connectivity index (χ4n) is 7.96. The van der Waals surface area contributed by atoms with E-state index < -0.39 is 6.10 Å². The van der Waals surface area contributed by atoms with E-state index >= 15 is 0 Å². The maximum absolute atomic E-state index is 12.8. The number of carbonyl (C=O) groups is 3. The number of rotatable bonds is 53. The number of carbonyl (C=O) groups excluding carboxylic acids is 3. The highest BCUT2D eigenvalue weighted by Crippen LogP contribution is 2.14. The fraction of sp³-hybridized carbons (Fsp3) is 0.657. The summed E-state index contributed by atoms with van der Waals surface area (Å²) in [6, 6.07) is 0. The molecule has 0 bridgehead atoms. The average Bonchev–Trinajstić information content (AvgIpc) is 3.39. The topological polar surface area (TPSA) is 78.9 Å². The smallest absolute Gasteiger partial charge is 0.306 e. The lowest BCUT2D eigenvalue weighted by Gasteiger charge is -2.18. The molecular formula is C67H110O6. The van der Waals surface area contributed by atoms with Crippen LogP contribution in [0.1, 0.15) is 265 Å². The predicted molar refractivity (Wildman–Crippen MR) is 316 cm³/mol. The van der Waals surface area contributed by atoms with Crippen molar-refractivity contribution in [2.75, 3.05) is 13.2 Å². The molecule has 414 valence electrons. The summed E-state index contributed by atoms with van der Waals surface area (Å²) < 4.78 is 16.8. The molecule has 6 heteroatoms. The van der Waals surface area contributed by atoms with Gasteiger partial charge in [-0.2, -0.15) is 0 Å². The summed E-state index contributed by atoms with van der Waals surface area (Å²) in [7, 11) is 0. The zero-order valence-corrected chi connectivity index (χ0v) is 47.4. The van der Waals surface area contributed by atoms with Crippen LogP contribution in [0.15, 0.2) is 122 Å². The zero-order chi connectivity index (χ0) is 52.9. The van der Waals surface area contributed by atoms with E-state index in [1.807, 2.05) is 0 Å². The molecule has 6 nitrogen and oxygen atoms in total. The lowest BCUT2D eigenvalue weighted by atomic mass is 10.1. The van der Waals surface area contributed by atoms with E-state index in [0.717, 1.165) is 148 Å². The molecule has 0 aromatic carbocycles. The molecule has 0 spiro atoms. The summed E-state index contributed by atoms with van der Waals surface area (Å²) >= 11 is 0. The lowest BCUT2D eigenvalue weighted by molar-refractivity contribution is -0.167. The highest BCUT2D eigenvalue weighted by molar-refractivity contribution is 5.71. The molecule has 0 N–H and O–H groups in total. The van der Waals surface area contributed by atoms with Crippen LogP contribution in [0.2, 0.25) is 0 Å². The zero-order valence-electron chi connectivity index (χ0n) is 47.4. The Labute approximate surface area is 450 Å². The normalized spacial score (nSPS) is 13.0. The van der Waals surface area contributed by atoms with Gasteiger partial charge >= 0.3 is 17.9 Å². The van der Waals surface area contributed by atoms with Crippen molar-refractivity contribution in [3.05, 3.63) is 122 Å². The summed E-state index contributed by atoms with van der Waals surface area (Å²) in [6.45, 7) is 6.46. The van der Waals surface area contributed by atoms with Crippen LogP contribution in [0.4, 0.5) is 0 Å². The number of hydrogen-bond donors (Lipinski definition) is 0. The molecular weight excluding hydrogens is 901 g/mol. The maximum atomic E-state index is 12.8. The summed E-state index contributed by atoms with van der Waals surface area (Å²) in [6.07, 6.45) is 83.5. The highest BCUT2D eigenvalue weighted by atomic mass is 16.6. The first-order chi connectivity index (χ1) is 36.0. The SMILES string of the molecule is CC/C=C\C/C=C\C/C=C\C/C=C\C/C=C\C/C=C\C/C=C\C/C=C\C/C=C\CCCCCCCC(=O)OCC(COC(=O)CCCCCCCCCCCC)OC(=O)CCCCCCC/C=C\CCCCC. The first-order valence-electron chi connectivity index (χ1n) is 30.0. The summed E-state index contributed by atoms with van der Waals surface area (Å²) in [5.74, 6) is -0.919. The second-order valence-corrected chi connectivity index (χ2v) is 19.5. The Balaban J connectivity index is 4.23. The van der Waals surface area contributed by atoms with Crippen LogP contribution in [0.5, 0.6) is 0 Å². The molecule has 1 atom stereocenters. The highest BCUT2D eigenvalue weighted by Gasteiger charge is 2.19. The number of allylic oxidation sites excluding steroid dienone is 20. The molecule has 0 saturated carbocycles. The Bertz CT molecular complexity index is 1540. The molecule has 0 heterocycles. The third-order valence-electron chi connectivity index (χ3n) is 12.5. The first-order valence-corrected chi connectivity index (χ1v) is 30.0. The molecule has 0 aromatic rings. The minimum Gasteiger partial charge on any atom is -0.462 e. The van der Waals surface area contributed by atoms with Crippen molar-refractivity contribution in [1.82, 2.24) is 0 Å². The van der Waals surface area contributed by atoms with Crippen molar-refractivity contribution in [2.45, 2.75) is 271 Å². The fourth-order valence-corrected chi connectivity index (χ4v) is 7.96. The summed E-state index contributed by atoms with van der Waals surface area (Å²) in [5.41, 5.74) is 0. The van der Waals surface area contributed by atoms with Crippen LogP contribution in [-0.2, 0) is 28.6 Å². The molecule has 0 aromatic heterocycles. The minimum atomic E-state index is -0.790. The Morgan fingerprint density at radius 1 is 0.288 bits per heavy atom. The summed E-state index contributed by atoms with van der Waals surface area (Å²) in [4.78, 5) is 38.0. The van der Waals surface area contributed by atoms with Crippen LogP contribution in [0.25, 0.3) is 0 Å². The first kappa shape index (κ1) is 68.8. The molecule has 1 unspecified atom stereocenters. The van der Waals surface area contributed by atoms with Gasteiger partial charge in [-0.3, -0.25) is 14.4 Å². The van der Waals surface area contributed by atoms with E-state index in [9.17, 15) is 14.4 Å². The Morgan fingerprint density at radius 2 is 0.534 bits per heavy atom. The van der Waals surface area contributed by atoms with Crippen LogP contribution in [0, 0.1) is 0 Å². The lowest BCUT2D eigenvalue weighted by Crippen LogP contribution is -2.30. The number of unbranched alkanes of at least 4 members (excludes halogenated alkanes) is 22. The van der Waals surface area contributed by atoms with Gasteiger partial charge in [-0.15, -0.1) is 0 Å². The van der Waals surface area contributed by atoms with Gasteiger partial charge in [0, 0.05) is 19.3 Å². The number of ether oxygens (including phenoxy) is 3. The van der Waals surface area contributed by atoms with E-state index in [2.05, 4.69) is 142 Å².